The number of fused-ring (bicyclic) bond motifs is 2. The zero-order valence-electron chi connectivity index (χ0n) is 16.2. The quantitative estimate of drug-likeness (QED) is 0.686. The second kappa shape index (κ2) is 7.33. The molecular weight excluding hydrogens is 411 g/mol. The van der Waals surface area contributed by atoms with Gasteiger partial charge >= 0.3 is 6.18 Å². The molecule has 160 valence electrons. The Bertz CT molecular complexity index is 1080. The van der Waals surface area contributed by atoms with Crippen molar-refractivity contribution in [1.29, 1.82) is 0 Å². The lowest BCUT2D eigenvalue weighted by Crippen LogP contribution is -2.48. The minimum Gasteiger partial charge on any atom is -0.349 e. The van der Waals surface area contributed by atoms with Crippen molar-refractivity contribution in [2.75, 3.05) is 11.9 Å². The van der Waals surface area contributed by atoms with Crippen molar-refractivity contribution in [1.82, 2.24) is 29.9 Å². The molecular formula is C20H18F3N7O. The number of hydrogen-bond donors (Lipinski definition) is 1. The molecule has 1 aliphatic heterocycles. The number of halogens is 3. The Morgan fingerprint density at radius 3 is 2.45 bits per heavy atom. The van der Waals surface area contributed by atoms with Crippen molar-refractivity contribution in [2.45, 2.75) is 31.1 Å². The van der Waals surface area contributed by atoms with Crippen LogP contribution in [0.1, 0.15) is 28.8 Å². The van der Waals surface area contributed by atoms with E-state index in [0.29, 0.717) is 23.7 Å². The van der Waals surface area contributed by atoms with Crippen molar-refractivity contribution in [3.63, 3.8) is 0 Å². The molecule has 3 atom stereocenters. The number of carbonyl (C=O) groups excluding carboxylic acids is 1. The highest BCUT2D eigenvalue weighted by Gasteiger charge is 2.47. The van der Waals surface area contributed by atoms with Crippen LogP contribution in [-0.2, 0) is 6.18 Å². The van der Waals surface area contributed by atoms with Gasteiger partial charge < -0.3 is 10.2 Å². The molecule has 3 heterocycles. The highest BCUT2D eigenvalue weighted by molar-refractivity contribution is 5.98. The first-order chi connectivity index (χ1) is 14.9. The molecule has 31 heavy (non-hydrogen) atoms. The summed E-state index contributed by atoms with van der Waals surface area (Å²) in [6, 6.07) is 6.91. The Balaban J connectivity index is 1.35. The van der Waals surface area contributed by atoms with Crippen LogP contribution in [0.15, 0.2) is 49.1 Å². The van der Waals surface area contributed by atoms with Gasteiger partial charge in [0.15, 0.2) is 0 Å². The van der Waals surface area contributed by atoms with Gasteiger partial charge in [-0.2, -0.15) is 28.2 Å². The number of nitrogens with zero attached hydrogens (tertiary/aromatic N) is 6. The van der Waals surface area contributed by atoms with E-state index in [4.69, 9.17) is 0 Å². The van der Waals surface area contributed by atoms with Crippen LogP contribution < -0.4 is 5.32 Å². The first-order valence-electron chi connectivity index (χ1n) is 9.82. The van der Waals surface area contributed by atoms with Crippen LogP contribution in [0.5, 0.6) is 0 Å². The largest absolute Gasteiger partial charge is 0.419 e. The molecule has 1 aliphatic carbocycles. The number of hydrogen-bond acceptors (Lipinski definition) is 6. The zero-order valence-corrected chi connectivity index (χ0v) is 16.2. The van der Waals surface area contributed by atoms with E-state index in [-0.39, 0.29) is 23.9 Å². The number of alkyl halides is 3. The molecule has 0 unspecified atom stereocenters. The van der Waals surface area contributed by atoms with Crippen molar-refractivity contribution in [3.05, 3.63) is 60.2 Å². The summed E-state index contributed by atoms with van der Waals surface area (Å²) in [6.45, 7) is 0.635. The van der Waals surface area contributed by atoms with E-state index in [1.165, 1.54) is 4.80 Å². The van der Waals surface area contributed by atoms with Gasteiger partial charge in [0.05, 0.1) is 35.2 Å². The van der Waals surface area contributed by atoms with Gasteiger partial charge in [-0.3, -0.25) is 4.79 Å². The average molecular weight is 429 g/mol. The van der Waals surface area contributed by atoms with Crippen LogP contribution in [0.4, 0.5) is 19.1 Å². The molecule has 11 heteroatoms. The third-order valence-corrected chi connectivity index (χ3v) is 5.80. The Kier molecular flexibility index (Phi) is 4.60. The van der Waals surface area contributed by atoms with E-state index >= 15 is 0 Å². The highest BCUT2D eigenvalue weighted by atomic mass is 19.4. The molecule has 2 aromatic heterocycles. The Morgan fingerprint density at radius 2 is 1.77 bits per heavy atom. The van der Waals surface area contributed by atoms with Gasteiger partial charge in [-0.15, -0.1) is 0 Å². The van der Waals surface area contributed by atoms with Crippen molar-refractivity contribution < 1.29 is 18.0 Å². The third kappa shape index (κ3) is 3.60. The van der Waals surface area contributed by atoms with E-state index < -0.39 is 11.7 Å². The molecule has 1 aromatic carbocycles. The standard InChI is InChI=1S/C20H18F3N7O/c21-20(22,23)13-9-24-19(25-10-13)28-15-7-12-8-17(15)29(11-12)18(31)14-3-1-2-4-16(14)30-26-5-6-27-30/h1-6,9-10,12,15,17H,7-8,11H2,(H,24,25,28)/t12-,15+,17-/m0/s1. The number of para-hydroxylation sites is 1. The maximum absolute atomic E-state index is 13.4. The van der Waals surface area contributed by atoms with Crippen LogP contribution in [0.3, 0.4) is 0 Å². The predicted molar refractivity (Wildman–Crippen MR) is 103 cm³/mol. The summed E-state index contributed by atoms with van der Waals surface area (Å²) in [7, 11) is 0. The van der Waals surface area contributed by atoms with Gasteiger partial charge in [0.25, 0.3) is 5.91 Å². The molecule has 3 aromatic rings. The fraction of sp³-hybridized carbons (Fsp3) is 0.350. The summed E-state index contributed by atoms with van der Waals surface area (Å²) < 4.78 is 38.2. The number of carbonyl (C=O) groups is 1. The van der Waals surface area contributed by atoms with Gasteiger partial charge in [-0.25, -0.2) is 9.97 Å². The van der Waals surface area contributed by atoms with Crippen LogP contribution in [0, 0.1) is 5.92 Å². The lowest BCUT2D eigenvalue weighted by Gasteiger charge is -2.34. The van der Waals surface area contributed by atoms with Gasteiger partial charge in [0.2, 0.25) is 5.95 Å². The summed E-state index contributed by atoms with van der Waals surface area (Å²) in [6.07, 6.45) is 1.77. The van der Waals surface area contributed by atoms with E-state index in [1.54, 1.807) is 30.6 Å². The number of rotatable bonds is 4. The number of nitrogens with one attached hydrogen (secondary N) is 1. The molecule has 2 fully saturated rings. The van der Waals surface area contributed by atoms with Crippen LogP contribution in [0.2, 0.25) is 0 Å². The molecule has 8 nitrogen and oxygen atoms in total. The summed E-state index contributed by atoms with van der Waals surface area (Å²) in [4.78, 5) is 24.2. The van der Waals surface area contributed by atoms with Gasteiger partial charge in [0, 0.05) is 25.0 Å². The number of likely N-dealkylation sites (tertiary alicyclic amines) is 1. The molecule has 0 spiro atoms. The second-order valence-corrected chi connectivity index (χ2v) is 7.74. The summed E-state index contributed by atoms with van der Waals surface area (Å²) in [5, 5.41) is 11.4. The lowest BCUT2D eigenvalue weighted by atomic mass is 10.0. The van der Waals surface area contributed by atoms with Crippen molar-refractivity contribution >= 4 is 11.9 Å². The van der Waals surface area contributed by atoms with Crippen molar-refractivity contribution in [3.8, 4) is 5.69 Å². The normalized spacial score (nSPS) is 22.7. The minimum absolute atomic E-state index is 0.0953. The maximum Gasteiger partial charge on any atom is 0.419 e. The smallest absolute Gasteiger partial charge is 0.349 e. The number of benzene rings is 1. The zero-order chi connectivity index (χ0) is 21.6. The minimum atomic E-state index is -4.48. The molecule has 1 saturated carbocycles. The Morgan fingerprint density at radius 1 is 1.06 bits per heavy atom. The summed E-state index contributed by atoms with van der Waals surface area (Å²) >= 11 is 0. The third-order valence-electron chi connectivity index (χ3n) is 5.80. The average Bonchev–Trinajstić information content (AvgIpc) is 3.50. The van der Waals surface area contributed by atoms with Gasteiger partial charge in [-0.05, 0) is 30.9 Å². The molecule has 1 N–H and O–H groups in total. The molecule has 1 amide bonds. The number of aromatic nitrogens is 5. The van der Waals surface area contributed by atoms with E-state index in [9.17, 15) is 18.0 Å². The topological polar surface area (TPSA) is 88.8 Å². The van der Waals surface area contributed by atoms with Crippen LogP contribution >= 0.6 is 0 Å². The Labute approximate surface area is 175 Å². The fourth-order valence-corrected chi connectivity index (χ4v) is 4.45. The maximum atomic E-state index is 13.4. The van der Waals surface area contributed by atoms with E-state index in [1.807, 2.05) is 11.0 Å². The lowest BCUT2D eigenvalue weighted by molar-refractivity contribution is -0.138. The summed E-state index contributed by atoms with van der Waals surface area (Å²) in [5.41, 5.74) is 0.193. The van der Waals surface area contributed by atoms with Crippen LogP contribution in [0.25, 0.3) is 5.69 Å². The van der Waals surface area contributed by atoms with E-state index in [2.05, 4.69) is 25.5 Å². The molecule has 1 saturated heterocycles. The first kappa shape index (κ1) is 19.5. The predicted octanol–water partition coefficient (Wildman–Crippen LogP) is 2.79. The SMILES string of the molecule is O=C(c1ccccc1-n1nccn1)N1C[C@H]2C[C@@H](Nc3ncc(C(F)(F)F)cn3)[C@@H]1C2. The second-order valence-electron chi connectivity index (χ2n) is 7.74. The highest BCUT2D eigenvalue weighted by Crippen LogP contribution is 2.40. The molecule has 2 bridgehead atoms. The molecule has 5 rings (SSSR count). The molecule has 0 radical (unpaired) electrons. The number of amides is 1. The first-order valence-corrected chi connectivity index (χ1v) is 9.82. The monoisotopic (exact) mass is 429 g/mol. The van der Waals surface area contributed by atoms with Gasteiger partial charge in [-0.1, -0.05) is 12.1 Å². The number of anilines is 1. The van der Waals surface area contributed by atoms with E-state index in [0.717, 1.165) is 25.2 Å². The van der Waals surface area contributed by atoms with Crippen molar-refractivity contribution in [2.24, 2.45) is 5.92 Å². The fourth-order valence-electron chi connectivity index (χ4n) is 4.45. The van der Waals surface area contributed by atoms with Gasteiger partial charge in [0.1, 0.15) is 0 Å². The Hall–Kier alpha value is -3.50. The molecule has 2 aliphatic rings. The van der Waals surface area contributed by atoms with Crippen LogP contribution in [-0.4, -0.2) is 54.4 Å². The number of piperidine rings is 1. The summed E-state index contributed by atoms with van der Waals surface area (Å²) in [5.74, 6) is 0.315.